The maximum absolute atomic E-state index is 14.2. The second-order valence-corrected chi connectivity index (χ2v) is 12.2. The molecule has 45 heavy (non-hydrogen) atoms. The number of H-pyrrole nitrogens is 1. The van der Waals surface area contributed by atoms with E-state index in [1.807, 2.05) is 13.8 Å². The molecule has 0 aliphatic carbocycles. The van der Waals surface area contributed by atoms with E-state index in [9.17, 15) is 23.7 Å². The molecule has 1 unspecified atom stereocenters. The van der Waals surface area contributed by atoms with Crippen molar-refractivity contribution in [3.63, 3.8) is 0 Å². The number of terminal acetylenes is 1. The Balaban J connectivity index is 1.76. The van der Waals surface area contributed by atoms with Crippen molar-refractivity contribution >= 4 is 19.5 Å². The normalized spacial score (nSPS) is 17.6. The third-order valence-corrected chi connectivity index (χ3v) is 8.22. The number of aromatic amines is 1. The highest BCUT2D eigenvalue weighted by molar-refractivity contribution is 7.57. The van der Waals surface area contributed by atoms with Gasteiger partial charge < -0.3 is 23.5 Å². The molecule has 0 saturated carbocycles. The molecule has 244 valence electrons. The molecule has 0 radical (unpaired) electrons. The summed E-state index contributed by atoms with van der Waals surface area (Å²) in [7, 11) is -4.10. The van der Waals surface area contributed by atoms with Gasteiger partial charge in [-0.15, -0.1) is 6.42 Å². The van der Waals surface area contributed by atoms with Gasteiger partial charge in [0.05, 0.1) is 19.6 Å². The van der Waals surface area contributed by atoms with Crippen LogP contribution in [0.1, 0.15) is 70.6 Å². The summed E-state index contributed by atoms with van der Waals surface area (Å²) >= 11 is 0. The van der Waals surface area contributed by atoms with E-state index < -0.39 is 62.0 Å². The fraction of sp³-hybridized carbons (Fsp3) is 0.484. The van der Waals surface area contributed by atoms with E-state index in [2.05, 4.69) is 16.0 Å². The van der Waals surface area contributed by atoms with Crippen LogP contribution in [-0.4, -0.2) is 53.4 Å². The molecule has 0 amide bonds. The highest BCUT2D eigenvalue weighted by Gasteiger charge is 2.36. The van der Waals surface area contributed by atoms with Gasteiger partial charge in [0, 0.05) is 6.20 Å². The molecule has 1 aliphatic rings. The molecule has 2 N–H and O–H groups in total. The lowest BCUT2D eigenvalue weighted by Gasteiger charge is -2.26. The summed E-state index contributed by atoms with van der Waals surface area (Å²) in [6.07, 6.45) is 11.2. The number of esters is 2. The largest absolute Gasteiger partial charge is 0.466 e. The van der Waals surface area contributed by atoms with E-state index in [0.717, 1.165) is 30.3 Å². The molecular weight excluding hydrogens is 605 g/mol. The van der Waals surface area contributed by atoms with Crippen LogP contribution in [0.25, 0.3) is 0 Å². The van der Waals surface area contributed by atoms with Crippen LogP contribution in [0.3, 0.4) is 0 Å². The number of benzene rings is 1. The molecule has 2 aromatic rings. The molecule has 13 nitrogen and oxygen atoms in total. The minimum Gasteiger partial charge on any atom is -0.466 e. The number of aromatic nitrogens is 2. The quantitative estimate of drug-likeness (QED) is 0.0746. The minimum absolute atomic E-state index is 0.0718. The van der Waals surface area contributed by atoms with E-state index >= 15 is 0 Å². The van der Waals surface area contributed by atoms with Gasteiger partial charge in [-0.1, -0.05) is 63.7 Å². The molecule has 1 aliphatic heterocycles. The summed E-state index contributed by atoms with van der Waals surface area (Å²) in [4.78, 5) is 52.0. The van der Waals surface area contributed by atoms with Crippen molar-refractivity contribution in [1.29, 1.82) is 0 Å². The maximum atomic E-state index is 14.2. The third-order valence-electron chi connectivity index (χ3n) is 6.52. The number of hydrogen-bond donors (Lipinski definition) is 2. The second kappa shape index (κ2) is 18.1. The number of para-hydroxylation sites is 1. The second-order valence-electron chi connectivity index (χ2n) is 10.2. The molecule has 0 bridgehead atoms. The molecule has 1 aromatic carbocycles. The number of hydrogen-bond acceptors (Lipinski definition) is 10. The van der Waals surface area contributed by atoms with Gasteiger partial charge in [0.15, 0.2) is 18.9 Å². The molecule has 0 saturated heterocycles. The lowest BCUT2D eigenvalue weighted by atomic mass is 10.2. The van der Waals surface area contributed by atoms with Gasteiger partial charge in [0.25, 0.3) is 5.56 Å². The van der Waals surface area contributed by atoms with Gasteiger partial charge in [-0.3, -0.25) is 28.5 Å². The number of ether oxygens (including phenoxy) is 4. The van der Waals surface area contributed by atoms with E-state index in [1.54, 1.807) is 30.3 Å². The summed E-state index contributed by atoms with van der Waals surface area (Å²) in [5, 5.41) is 2.69. The van der Waals surface area contributed by atoms with Gasteiger partial charge in [-0.2, -0.15) is 0 Å². The van der Waals surface area contributed by atoms with E-state index in [-0.39, 0.29) is 24.5 Å². The predicted octanol–water partition coefficient (Wildman–Crippen LogP) is 3.99. The number of rotatable bonds is 19. The van der Waals surface area contributed by atoms with Crippen LogP contribution in [0, 0.1) is 12.3 Å². The van der Waals surface area contributed by atoms with Crippen molar-refractivity contribution < 1.29 is 37.6 Å². The summed E-state index contributed by atoms with van der Waals surface area (Å²) in [5.74, 6) is 0.966. The third kappa shape index (κ3) is 11.5. The fourth-order valence-electron chi connectivity index (χ4n) is 4.17. The lowest BCUT2D eigenvalue weighted by molar-refractivity contribution is -0.152. The van der Waals surface area contributed by atoms with Crippen molar-refractivity contribution in [2.45, 2.75) is 77.4 Å². The minimum atomic E-state index is -4.10. The zero-order valence-corrected chi connectivity index (χ0v) is 26.4. The Morgan fingerprint density at radius 2 is 1.76 bits per heavy atom. The van der Waals surface area contributed by atoms with E-state index in [4.69, 9.17) is 29.9 Å². The van der Waals surface area contributed by atoms with Crippen LogP contribution in [0.5, 0.6) is 5.75 Å². The fourth-order valence-corrected chi connectivity index (χ4v) is 5.82. The van der Waals surface area contributed by atoms with Crippen LogP contribution in [0.2, 0.25) is 0 Å². The molecule has 0 spiro atoms. The Morgan fingerprint density at radius 3 is 2.42 bits per heavy atom. The number of unbranched alkanes of at least 4 members (excludes halogenated alkanes) is 4. The monoisotopic (exact) mass is 645 g/mol. The van der Waals surface area contributed by atoms with Crippen LogP contribution >= 0.6 is 7.52 Å². The van der Waals surface area contributed by atoms with Crippen LogP contribution in [0.15, 0.2) is 58.3 Å². The lowest BCUT2D eigenvalue weighted by Crippen LogP contribution is -2.40. The van der Waals surface area contributed by atoms with E-state index in [1.165, 1.54) is 18.3 Å². The molecular formula is C31H40N3O10P. The number of carbonyl (C=O) groups excluding carboxylic acids is 2. The Bertz CT molecular complexity index is 1500. The first-order valence-electron chi connectivity index (χ1n) is 14.9. The van der Waals surface area contributed by atoms with Crippen molar-refractivity contribution in [1.82, 2.24) is 14.6 Å². The topological polar surface area (TPSA) is 164 Å². The molecule has 3 rings (SSSR count). The van der Waals surface area contributed by atoms with Crippen molar-refractivity contribution in [3.8, 4) is 18.1 Å². The van der Waals surface area contributed by atoms with Gasteiger partial charge >= 0.3 is 25.1 Å². The first-order valence-corrected chi connectivity index (χ1v) is 16.7. The molecule has 4 atom stereocenters. The highest BCUT2D eigenvalue weighted by atomic mass is 31.2. The van der Waals surface area contributed by atoms with Crippen molar-refractivity contribution in [2.75, 3.05) is 19.6 Å². The number of nitrogens with zero attached hydrogens (tertiary/aromatic N) is 1. The van der Waals surface area contributed by atoms with Gasteiger partial charge in [0.2, 0.25) is 0 Å². The number of carbonyl (C=O) groups is 2. The summed E-state index contributed by atoms with van der Waals surface area (Å²) in [6.45, 7) is 4.36. The van der Waals surface area contributed by atoms with Crippen molar-refractivity contribution in [3.05, 3.63) is 75.1 Å². The Morgan fingerprint density at radius 1 is 1.07 bits per heavy atom. The smallest absolute Gasteiger partial charge is 0.342 e. The SMILES string of the molecule is C#Cc1cn([C@H]2C=C[C@@H](OCP(=O)(N[C@@H](CC(=O)OCCCCC)C(=O)OCCCCC)Oc3ccccc3)O2)c(=O)[nH]c1=O. The average Bonchev–Trinajstić information content (AvgIpc) is 3.49. The summed E-state index contributed by atoms with van der Waals surface area (Å²) in [5.41, 5.74) is -1.53. The summed E-state index contributed by atoms with van der Waals surface area (Å²) < 4.78 is 43.3. The molecule has 2 heterocycles. The van der Waals surface area contributed by atoms with Gasteiger partial charge in [0.1, 0.15) is 17.4 Å². The van der Waals surface area contributed by atoms with Crippen LogP contribution in [0.4, 0.5) is 0 Å². The Hall–Kier alpha value is -3.95. The van der Waals surface area contributed by atoms with Crippen molar-refractivity contribution in [2.24, 2.45) is 0 Å². The Labute approximate surface area is 261 Å². The van der Waals surface area contributed by atoms with Gasteiger partial charge in [-0.05, 0) is 37.1 Å². The summed E-state index contributed by atoms with van der Waals surface area (Å²) in [6, 6.07) is 6.87. The first kappa shape index (κ1) is 35.5. The van der Waals surface area contributed by atoms with E-state index in [0.29, 0.717) is 12.8 Å². The Kier molecular flexibility index (Phi) is 14.3. The zero-order chi connectivity index (χ0) is 32.7. The average molecular weight is 646 g/mol. The molecule has 1 aromatic heterocycles. The molecule has 0 fully saturated rings. The first-order chi connectivity index (χ1) is 21.7. The van der Waals surface area contributed by atoms with Crippen LogP contribution < -0.4 is 20.9 Å². The predicted molar refractivity (Wildman–Crippen MR) is 165 cm³/mol. The van der Waals surface area contributed by atoms with Gasteiger partial charge in [-0.25, -0.2) is 9.88 Å². The standard InChI is InChI=1S/C31H40N3O10P/c1-4-7-12-18-40-27(35)20-25(30(37)41-19-13-8-5-2)33-45(39,44-24-14-10-9-11-15-24)22-42-28-17-16-26(43-28)34-21-23(6-3)29(36)32-31(34)38/h3,9-11,14-17,21,25-26,28H,4-5,7-8,12-13,18-20,22H2,1-2H3,(H,33,39)(H,32,36,38)/t25-,26+,28-,45?/m0/s1. The highest BCUT2D eigenvalue weighted by Crippen LogP contribution is 2.44. The van der Waals surface area contributed by atoms with Crippen LogP contribution in [-0.2, 0) is 33.1 Å². The molecule has 14 heteroatoms. The zero-order valence-electron chi connectivity index (χ0n) is 25.5. The maximum Gasteiger partial charge on any atom is 0.342 e. The number of nitrogens with one attached hydrogen (secondary N) is 2.